The summed E-state index contributed by atoms with van der Waals surface area (Å²) >= 11 is 0. The maximum Gasteiger partial charge on any atom is 0.308 e. The molecule has 0 fully saturated rings. The number of hydrogen-bond donors (Lipinski definition) is 1. The van der Waals surface area contributed by atoms with E-state index < -0.39 is 10.1 Å². The van der Waals surface area contributed by atoms with E-state index in [4.69, 9.17) is 5.73 Å². The van der Waals surface area contributed by atoms with Crippen LogP contribution in [0.25, 0.3) is 0 Å². The zero-order chi connectivity index (χ0) is 7.49. The zero-order valence-electron chi connectivity index (χ0n) is 5.16. The van der Waals surface area contributed by atoms with Crippen LogP contribution in [-0.4, -0.2) is 27.7 Å². The molecule has 0 spiro atoms. The highest BCUT2D eigenvalue weighted by Crippen LogP contribution is 1.83. The quantitative estimate of drug-likeness (QED) is 0.294. The van der Waals surface area contributed by atoms with Gasteiger partial charge in [-0.15, -0.1) is 0 Å². The lowest BCUT2D eigenvalue weighted by atomic mass is 11.2. The fourth-order valence-electron chi connectivity index (χ4n) is 0.192. The van der Waals surface area contributed by atoms with Gasteiger partial charge in [0.05, 0.1) is 6.26 Å². The van der Waals surface area contributed by atoms with E-state index in [1.807, 2.05) is 0 Å². The summed E-state index contributed by atoms with van der Waals surface area (Å²) in [6.45, 7) is 0. The molecule has 0 aromatic carbocycles. The molecule has 5 nitrogen and oxygen atoms in total. The molecule has 9 heavy (non-hydrogen) atoms. The minimum atomic E-state index is -3.49. The maximum absolute atomic E-state index is 10.2. The third-order valence-corrected chi connectivity index (χ3v) is 0.931. The van der Waals surface area contributed by atoms with Crippen molar-refractivity contribution < 1.29 is 12.6 Å². The summed E-state index contributed by atoms with van der Waals surface area (Å²) in [6.07, 6.45) is 0.894. The van der Waals surface area contributed by atoms with Gasteiger partial charge in [0.1, 0.15) is 0 Å². The molecule has 0 aromatic rings. The Bertz CT molecular complexity index is 205. The zero-order valence-corrected chi connectivity index (χ0v) is 5.97. The minimum Gasteiger partial charge on any atom is -0.353 e. The molecule has 0 aromatic heterocycles. The summed E-state index contributed by atoms with van der Waals surface area (Å²) in [5.74, 6) is 0. The van der Waals surface area contributed by atoms with Crippen LogP contribution in [0.2, 0.25) is 0 Å². The van der Waals surface area contributed by atoms with Gasteiger partial charge in [-0.2, -0.15) is 8.42 Å². The molecule has 2 N–H and O–H groups in total. The van der Waals surface area contributed by atoms with Gasteiger partial charge in [0.15, 0.2) is 0 Å². The number of nitrogens with two attached hydrogens (primary N) is 1. The van der Waals surface area contributed by atoms with E-state index in [9.17, 15) is 8.42 Å². The van der Waals surface area contributed by atoms with E-state index >= 15 is 0 Å². The summed E-state index contributed by atoms with van der Waals surface area (Å²) in [4.78, 5) is 3.27. The summed E-state index contributed by atoms with van der Waals surface area (Å²) in [5.41, 5.74) is 4.91. The SMILES string of the molecule is CN=C(N)OS(C)(=O)=O. The standard InChI is InChI=1S/C3H8N2O3S/c1-5-3(4)8-9(2,6)7/h1-2H3,(H2,4,5). The van der Waals surface area contributed by atoms with Crippen molar-refractivity contribution in [1.82, 2.24) is 0 Å². The first-order valence-corrected chi connectivity index (χ1v) is 3.89. The van der Waals surface area contributed by atoms with E-state index in [-0.39, 0.29) is 6.02 Å². The van der Waals surface area contributed by atoms with Crippen LogP contribution in [0.4, 0.5) is 0 Å². The van der Waals surface area contributed by atoms with Crippen LogP contribution in [0.3, 0.4) is 0 Å². The second-order valence-corrected chi connectivity index (χ2v) is 2.92. The molecule has 0 aliphatic heterocycles. The van der Waals surface area contributed by atoms with Crippen molar-refractivity contribution in [3.8, 4) is 0 Å². The highest BCUT2D eigenvalue weighted by molar-refractivity contribution is 7.86. The first-order valence-electron chi connectivity index (χ1n) is 2.07. The van der Waals surface area contributed by atoms with E-state index in [2.05, 4.69) is 9.18 Å². The smallest absolute Gasteiger partial charge is 0.308 e. The molecule has 0 bridgehead atoms. The molecule has 54 valence electrons. The molecule has 0 unspecified atom stereocenters. The number of nitrogens with zero attached hydrogens (tertiary/aromatic N) is 1. The van der Waals surface area contributed by atoms with E-state index in [1.54, 1.807) is 0 Å². The molecule has 0 saturated carbocycles. The third kappa shape index (κ3) is 5.09. The first-order chi connectivity index (χ1) is 3.95. The Hall–Kier alpha value is -0.780. The Labute approximate surface area is 53.7 Å². The average molecular weight is 152 g/mol. The fraction of sp³-hybridized carbons (Fsp3) is 0.667. The summed E-state index contributed by atoms with van der Waals surface area (Å²) in [6, 6.07) is -0.350. The average Bonchev–Trinajstić information content (AvgIpc) is 1.62. The molecule has 0 aliphatic rings. The first kappa shape index (κ1) is 8.22. The monoisotopic (exact) mass is 152 g/mol. The van der Waals surface area contributed by atoms with Gasteiger partial charge in [0.25, 0.3) is 6.02 Å². The van der Waals surface area contributed by atoms with E-state index in [0.717, 1.165) is 6.26 Å². The molecule has 0 aliphatic carbocycles. The number of hydrogen-bond acceptors (Lipinski definition) is 4. The summed E-state index contributed by atoms with van der Waals surface area (Å²) in [5, 5.41) is 0. The van der Waals surface area contributed by atoms with Crippen LogP contribution in [0.15, 0.2) is 4.99 Å². The van der Waals surface area contributed by atoms with Gasteiger partial charge in [0, 0.05) is 7.05 Å². The molecular formula is C3H8N2O3S. The summed E-state index contributed by atoms with van der Waals surface area (Å²) < 4.78 is 24.5. The summed E-state index contributed by atoms with van der Waals surface area (Å²) in [7, 11) is -2.16. The van der Waals surface area contributed by atoms with Crippen molar-refractivity contribution in [2.24, 2.45) is 10.7 Å². The minimum absolute atomic E-state index is 0.350. The lowest BCUT2D eigenvalue weighted by molar-refractivity contribution is 0.484. The molecule has 0 heterocycles. The lowest BCUT2D eigenvalue weighted by Crippen LogP contribution is -2.19. The Morgan fingerprint density at radius 1 is 1.67 bits per heavy atom. The van der Waals surface area contributed by atoms with Gasteiger partial charge in [-0.3, -0.25) is 0 Å². The largest absolute Gasteiger partial charge is 0.353 e. The van der Waals surface area contributed by atoms with Crippen LogP contribution in [0, 0.1) is 0 Å². The van der Waals surface area contributed by atoms with Gasteiger partial charge in [-0.25, -0.2) is 4.99 Å². The fourth-order valence-corrected chi connectivity index (χ4v) is 0.577. The van der Waals surface area contributed by atoms with Crippen molar-refractivity contribution in [3.05, 3.63) is 0 Å². The molecular weight excluding hydrogens is 144 g/mol. The molecule has 0 amide bonds. The van der Waals surface area contributed by atoms with Gasteiger partial charge >= 0.3 is 10.1 Å². The van der Waals surface area contributed by atoms with Crippen molar-refractivity contribution in [3.63, 3.8) is 0 Å². The van der Waals surface area contributed by atoms with Crippen molar-refractivity contribution >= 4 is 16.1 Å². The Morgan fingerprint density at radius 3 is 2.22 bits per heavy atom. The highest BCUT2D eigenvalue weighted by atomic mass is 32.2. The molecule has 0 atom stereocenters. The molecule has 0 radical (unpaired) electrons. The predicted octanol–water partition coefficient (Wildman–Crippen LogP) is -1.09. The molecule has 0 saturated heterocycles. The number of aliphatic imine (C=N–C) groups is 1. The Balaban J connectivity index is 4.07. The highest BCUT2D eigenvalue weighted by Gasteiger charge is 2.02. The van der Waals surface area contributed by atoms with Crippen LogP contribution in [0.1, 0.15) is 0 Å². The Morgan fingerprint density at radius 2 is 2.11 bits per heavy atom. The van der Waals surface area contributed by atoms with Gasteiger partial charge in [-0.1, -0.05) is 0 Å². The number of rotatable bonds is 1. The van der Waals surface area contributed by atoms with Crippen molar-refractivity contribution in [2.75, 3.05) is 13.3 Å². The second kappa shape index (κ2) is 2.67. The predicted molar refractivity (Wildman–Crippen MR) is 33.5 cm³/mol. The normalized spacial score (nSPS) is 13.3. The third-order valence-electron chi connectivity index (χ3n) is 0.457. The Kier molecular flexibility index (Phi) is 2.44. The maximum atomic E-state index is 10.2. The van der Waals surface area contributed by atoms with Gasteiger partial charge in [0.2, 0.25) is 0 Å². The molecule has 0 rings (SSSR count). The van der Waals surface area contributed by atoms with Crippen molar-refractivity contribution in [2.45, 2.75) is 0 Å². The lowest BCUT2D eigenvalue weighted by Gasteiger charge is -1.97. The van der Waals surface area contributed by atoms with E-state index in [1.165, 1.54) is 7.05 Å². The van der Waals surface area contributed by atoms with Crippen LogP contribution < -0.4 is 5.73 Å². The number of amidine groups is 1. The van der Waals surface area contributed by atoms with E-state index in [0.29, 0.717) is 0 Å². The topological polar surface area (TPSA) is 81.8 Å². The van der Waals surface area contributed by atoms with Crippen LogP contribution in [0.5, 0.6) is 0 Å². The van der Waals surface area contributed by atoms with Gasteiger partial charge < -0.3 is 9.92 Å². The van der Waals surface area contributed by atoms with Crippen LogP contribution in [-0.2, 0) is 14.3 Å². The second-order valence-electron chi connectivity index (χ2n) is 1.35. The van der Waals surface area contributed by atoms with Crippen LogP contribution >= 0.6 is 0 Å². The van der Waals surface area contributed by atoms with Crippen molar-refractivity contribution in [1.29, 1.82) is 0 Å². The molecule has 6 heteroatoms. The van der Waals surface area contributed by atoms with Gasteiger partial charge in [-0.05, 0) is 0 Å².